The molecule has 4 nitrogen and oxygen atoms in total. The maximum absolute atomic E-state index is 11.8. The molecule has 0 bridgehead atoms. The van der Waals surface area contributed by atoms with Gasteiger partial charge in [0.05, 0.1) is 0 Å². The number of hydrogen-bond acceptors (Lipinski definition) is 3. The maximum Gasteiger partial charge on any atom is 0.238 e. The van der Waals surface area contributed by atoms with Crippen LogP contribution in [0, 0.1) is 11.8 Å². The molecule has 4 heteroatoms. The lowest BCUT2D eigenvalue weighted by molar-refractivity contribution is -0.125. The minimum atomic E-state index is -0.470. The summed E-state index contributed by atoms with van der Waals surface area (Å²) in [4.78, 5) is 14.2. The summed E-state index contributed by atoms with van der Waals surface area (Å²) in [5.41, 5.74) is 5.16. The molecule has 1 rings (SSSR count). The van der Waals surface area contributed by atoms with Crippen molar-refractivity contribution in [2.75, 3.05) is 20.6 Å². The third kappa shape index (κ3) is 3.48. The van der Waals surface area contributed by atoms with E-state index in [0.29, 0.717) is 17.9 Å². The molecule has 0 aliphatic heterocycles. The van der Waals surface area contributed by atoms with Crippen molar-refractivity contribution in [1.29, 1.82) is 0 Å². The van der Waals surface area contributed by atoms with Crippen molar-refractivity contribution < 1.29 is 4.79 Å². The molecule has 0 aromatic rings. The van der Waals surface area contributed by atoms with Crippen LogP contribution in [0.25, 0.3) is 0 Å². The van der Waals surface area contributed by atoms with E-state index in [1.165, 1.54) is 0 Å². The third-order valence-electron chi connectivity index (χ3n) is 5.20. The highest BCUT2D eigenvalue weighted by Crippen LogP contribution is 2.37. The summed E-state index contributed by atoms with van der Waals surface area (Å²) >= 11 is 0. The number of nitrogens with one attached hydrogen (secondary N) is 1. The Hall–Kier alpha value is -0.610. The molecular formula is C15H31N3O. The summed E-state index contributed by atoms with van der Waals surface area (Å²) in [6, 6.07) is 0.568. The predicted molar refractivity (Wildman–Crippen MR) is 79.9 cm³/mol. The number of hydrogen-bond donors (Lipinski definition) is 2. The summed E-state index contributed by atoms with van der Waals surface area (Å²) < 4.78 is 0. The van der Waals surface area contributed by atoms with E-state index in [1.54, 1.807) is 0 Å². The highest BCUT2D eigenvalue weighted by Gasteiger charge is 2.46. The average Bonchev–Trinajstić information content (AvgIpc) is 2.78. The maximum atomic E-state index is 11.8. The standard InChI is InChI=1S/C15H31N3O/c1-11(2)12(3)18(5)10-8-13-7-6-9-15(13,17-4)14(16)19/h11-13,17H,6-10H2,1-5H3,(H2,16,19). The van der Waals surface area contributed by atoms with E-state index in [-0.39, 0.29) is 5.91 Å². The fraction of sp³-hybridized carbons (Fsp3) is 0.933. The number of nitrogens with two attached hydrogens (primary N) is 1. The molecular weight excluding hydrogens is 238 g/mol. The summed E-state index contributed by atoms with van der Waals surface area (Å²) in [5.74, 6) is 0.840. The number of carbonyl (C=O) groups excluding carboxylic acids is 1. The number of rotatable bonds is 7. The van der Waals surface area contributed by atoms with Crippen LogP contribution in [0.15, 0.2) is 0 Å². The zero-order valence-electron chi connectivity index (χ0n) is 13.2. The van der Waals surface area contributed by atoms with Crippen molar-refractivity contribution in [2.24, 2.45) is 17.6 Å². The van der Waals surface area contributed by atoms with Gasteiger partial charge in [0, 0.05) is 6.04 Å². The lowest BCUT2D eigenvalue weighted by atomic mass is 9.84. The highest BCUT2D eigenvalue weighted by molar-refractivity contribution is 5.85. The van der Waals surface area contributed by atoms with Crippen molar-refractivity contribution >= 4 is 5.91 Å². The zero-order chi connectivity index (χ0) is 14.6. The number of primary amides is 1. The number of amides is 1. The Balaban J connectivity index is 2.59. The third-order valence-corrected chi connectivity index (χ3v) is 5.20. The van der Waals surface area contributed by atoms with Crippen LogP contribution in [0.5, 0.6) is 0 Å². The van der Waals surface area contributed by atoms with Crippen molar-refractivity contribution in [1.82, 2.24) is 10.2 Å². The van der Waals surface area contributed by atoms with Crippen LogP contribution in [-0.2, 0) is 4.79 Å². The molecule has 1 aliphatic carbocycles. The second-order valence-corrected chi connectivity index (χ2v) is 6.43. The Labute approximate surface area is 118 Å². The van der Waals surface area contributed by atoms with E-state index in [2.05, 4.69) is 38.0 Å². The second-order valence-electron chi connectivity index (χ2n) is 6.43. The van der Waals surface area contributed by atoms with Crippen LogP contribution in [-0.4, -0.2) is 43.0 Å². The molecule has 3 unspecified atom stereocenters. The summed E-state index contributed by atoms with van der Waals surface area (Å²) in [6.45, 7) is 7.79. The lowest BCUT2D eigenvalue weighted by Crippen LogP contribution is -2.57. The Morgan fingerprint density at radius 3 is 2.58 bits per heavy atom. The molecule has 0 aromatic heterocycles. The van der Waals surface area contributed by atoms with Gasteiger partial charge in [0.15, 0.2) is 0 Å². The number of nitrogens with zero attached hydrogens (tertiary/aromatic N) is 1. The SMILES string of the molecule is CNC1(C(N)=O)CCCC1CCN(C)C(C)C(C)C. The molecule has 1 amide bonds. The van der Waals surface area contributed by atoms with Crippen molar-refractivity contribution in [3.63, 3.8) is 0 Å². The van der Waals surface area contributed by atoms with Crippen LogP contribution >= 0.6 is 0 Å². The fourth-order valence-electron chi connectivity index (χ4n) is 3.32. The molecule has 3 atom stereocenters. The van der Waals surface area contributed by atoms with E-state index in [0.717, 1.165) is 32.2 Å². The molecule has 1 fully saturated rings. The number of likely N-dealkylation sites (N-methyl/N-ethyl adjacent to an activating group) is 1. The predicted octanol–water partition coefficient (Wildman–Crippen LogP) is 1.60. The Morgan fingerprint density at radius 1 is 1.47 bits per heavy atom. The van der Waals surface area contributed by atoms with Gasteiger partial charge >= 0.3 is 0 Å². The summed E-state index contributed by atoms with van der Waals surface area (Å²) in [6.07, 6.45) is 4.12. The highest BCUT2D eigenvalue weighted by atomic mass is 16.1. The zero-order valence-corrected chi connectivity index (χ0v) is 13.2. The van der Waals surface area contributed by atoms with Gasteiger partial charge in [-0.1, -0.05) is 20.3 Å². The van der Waals surface area contributed by atoms with Gasteiger partial charge in [-0.05, 0) is 58.7 Å². The van der Waals surface area contributed by atoms with E-state index in [4.69, 9.17) is 5.73 Å². The van der Waals surface area contributed by atoms with Crippen molar-refractivity contribution in [3.8, 4) is 0 Å². The topological polar surface area (TPSA) is 58.4 Å². The van der Waals surface area contributed by atoms with E-state index >= 15 is 0 Å². The smallest absolute Gasteiger partial charge is 0.238 e. The van der Waals surface area contributed by atoms with E-state index < -0.39 is 5.54 Å². The van der Waals surface area contributed by atoms with E-state index in [9.17, 15) is 4.79 Å². The van der Waals surface area contributed by atoms with Crippen LogP contribution in [0.2, 0.25) is 0 Å². The van der Waals surface area contributed by atoms with Gasteiger partial charge in [0.25, 0.3) is 0 Å². The van der Waals surface area contributed by atoms with Gasteiger partial charge in [-0.2, -0.15) is 0 Å². The van der Waals surface area contributed by atoms with Gasteiger partial charge in [-0.3, -0.25) is 4.79 Å². The first-order valence-electron chi connectivity index (χ1n) is 7.54. The molecule has 1 saturated carbocycles. The number of carbonyl (C=O) groups is 1. The minimum Gasteiger partial charge on any atom is -0.368 e. The Kier molecular flexibility index (Phi) is 5.81. The minimum absolute atomic E-state index is 0.183. The molecule has 0 spiro atoms. The first-order chi connectivity index (χ1) is 8.85. The van der Waals surface area contributed by atoms with Gasteiger partial charge in [0.1, 0.15) is 5.54 Å². The Morgan fingerprint density at radius 2 is 2.11 bits per heavy atom. The molecule has 19 heavy (non-hydrogen) atoms. The average molecular weight is 269 g/mol. The van der Waals surface area contributed by atoms with Gasteiger partial charge in [-0.15, -0.1) is 0 Å². The largest absolute Gasteiger partial charge is 0.368 e. The monoisotopic (exact) mass is 269 g/mol. The van der Waals surface area contributed by atoms with Crippen LogP contribution in [0.3, 0.4) is 0 Å². The lowest BCUT2D eigenvalue weighted by Gasteiger charge is -2.34. The summed E-state index contributed by atoms with van der Waals surface area (Å²) in [7, 11) is 4.04. The molecule has 3 N–H and O–H groups in total. The molecule has 112 valence electrons. The van der Waals surface area contributed by atoms with E-state index in [1.807, 2.05) is 7.05 Å². The van der Waals surface area contributed by atoms with Gasteiger partial charge in [0.2, 0.25) is 5.91 Å². The van der Waals surface area contributed by atoms with Crippen molar-refractivity contribution in [2.45, 2.75) is 58.0 Å². The molecule has 0 aromatic carbocycles. The Bertz CT molecular complexity index is 306. The van der Waals surface area contributed by atoms with Crippen LogP contribution in [0.4, 0.5) is 0 Å². The first kappa shape index (κ1) is 16.4. The van der Waals surface area contributed by atoms with Gasteiger partial charge < -0.3 is 16.0 Å². The van der Waals surface area contributed by atoms with Crippen LogP contribution < -0.4 is 11.1 Å². The van der Waals surface area contributed by atoms with Gasteiger partial charge in [-0.25, -0.2) is 0 Å². The molecule has 0 saturated heterocycles. The molecule has 0 radical (unpaired) electrons. The second kappa shape index (κ2) is 6.71. The normalized spacial score (nSPS) is 29.1. The quantitative estimate of drug-likeness (QED) is 0.738. The first-order valence-corrected chi connectivity index (χ1v) is 7.54. The molecule has 1 aliphatic rings. The molecule has 0 heterocycles. The fourth-order valence-corrected chi connectivity index (χ4v) is 3.32. The van der Waals surface area contributed by atoms with Crippen molar-refractivity contribution in [3.05, 3.63) is 0 Å². The summed E-state index contributed by atoms with van der Waals surface area (Å²) in [5, 5.41) is 3.21. The van der Waals surface area contributed by atoms with Crippen LogP contribution in [0.1, 0.15) is 46.5 Å².